The van der Waals surface area contributed by atoms with Gasteiger partial charge in [0.05, 0.1) is 24.7 Å². The molecule has 0 heterocycles. The molecule has 0 bridgehead atoms. The van der Waals surface area contributed by atoms with E-state index in [2.05, 4.69) is 0 Å². The Morgan fingerprint density at radius 2 is 2.00 bits per heavy atom. The minimum atomic E-state index is -1.04. The minimum Gasteiger partial charge on any atom is -0.490 e. The maximum absolute atomic E-state index is 10.9. The van der Waals surface area contributed by atoms with Crippen LogP contribution in [0.25, 0.3) is 0 Å². The summed E-state index contributed by atoms with van der Waals surface area (Å²) in [4.78, 5) is 21.8. The summed E-state index contributed by atoms with van der Waals surface area (Å²) in [6, 6.07) is 4.30. The van der Waals surface area contributed by atoms with Crippen LogP contribution >= 0.6 is 0 Å². The average molecular weight is 267 g/mol. The number of carboxylic acids is 1. The lowest BCUT2D eigenvalue weighted by Crippen LogP contribution is -2.25. The molecule has 3 N–H and O–H groups in total. The second-order valence-electron chi connectivity index (χ2n) is 4.01. The Bertz CT molecular complexity index is 472. The van der Waals surface area contributed by atoms with Crippen LogP contribution in [-0.4, -0.2) is 30.2 Å². The van der Waals surface area contributed by atoms with Crippen LogP contribution in [0.3, 0.4) is 0 Å². The van der Waals surface area contributed by atoms with Crippen LogP contribution in [0, 0.1) is 5.92 Å². The zero-order chi connectivity index (χ0) is 14.4. The molecule has 0 saturated heterocycles. The third-order valence-electron chi connectivity index (χ3n) is 2.47. The monoisotopic (exact) mass is 267 g/mol. The summed E-state index contributed by atoms with van der Waals surface area (Å²) in [6.07, 6.45) is 0. The van der Waals surface area contributed by atoms with Gasteiger partial charge in [0.25, 0.3) is 0 Å². The van der Waals surface area contributed by atoms with Crippen molar-refractivity contribution in [3.63, 3.8) is 0 Å². The number of rotatable bonds is 7. The van der Waals surface area contributed by atoms with Crippen LogP contribution in [0.5, 0.6) is 11.5 Å². The number of carboxylic acid groups (broad SMARTS) is 1. The normalized spacial score (nSPS) is 11.7. The topological polar surface area (TPSA) is 98.8 Å². The van der Waals surface area contributed by atoms with Crippen LogP contribution in [0.1, 0.15) is 24.2 Å². The highest BCUT2D eigenvalue weighted by Gasteiger charge is 2.14. The highest BCUT2D eigenvalue weighted by molar-refractivity contribution is 5.88. The summed E-state index contributed by atoms with van der Waals surface area (Å²) in [5, 5.41) is 8.90. The molecule has 1 amide bonds. The first-order chi connectivity index (χ1) is 8.95. The van der Waals surface area contributed by atoms with E-state index < -0.39 is 17.8 Å². The van der Waals surface area contributed by atoms with Crippen molar-refractivity contribution in [2.24, 2.45) is 11.7 Å². The van der Waals surface area contributed by atoms with Crippen LogP contribution in [0.2, 0.25) is 0 Å². The van der Waals surface area contributed by atoms with Crippen molar-refractivity contribution in [1.29, 1.82) is 0 Å². The molecule has 0 radical (unpaired) electrons. The van der Waals surface area contributed by atoms with E-state index in [1.807, 2.05) is 0 Å². The van der Waals surface area contributed by atoms with Crippen molar-refractivity contribution in [1.82, 2.24) is 0 Å². The van der Waals surface area contributed by atoms with Gasteiger partial charge in [-0.3, -0.25) is 4.79 Å². The molecular weight excluding hydrogens is 250 g/mol. The number of hydrogen-bond acceptors (Lipinski definition) is 4. The van der Waals surface area contributed by atoms with Gasteiger partial charge in [0.1, 0.15) is 0 Å². The van der Waals surface area contributed by atoms with Crippen LogP contribution in [0.4, 0.5) is 0 Å². The largest absolute Gasteiger partial charge is 0.490 e. The van der Waals surface area contributed by atoms with Gasteiger partial charge in [-0.05, 0) is 25.1 Å². The lowest BCUT2D eigenvalue weighted by atomic mass is 10.2. The molecule has 0 aliphatic heterocycles. The fourth-order valence-electron chi connectivity index (χ4n) is 1.33. The van der Waals surface area contributed by atoms with Gasteiger partial charge >= 0.3 is 5.97 Å². The van der Waals surface area contributed by atoms with E-state index in [0.717, 1.165) is 0 Å². The number of aromatic carboxylic acids is 1. The molecule has 0 aromatic heterocycles. The van der Waals surface area contributed by atoms with E-state index in [-0.39, 0.29) is 12.2 Å². The van der Waals surface area contributed by atoms with Gasteiger partial charge in [0, 0.05) is 0 Å². The Morgan fingerprint density at radius 1 is 1.32 bits per heavy atom. The number of carbonyl (C=O) groups excluding carboxylic acids is 1. The fraction of sp³-hybridized carbons (Fsp3) is 0.385. The molecule has 0 aliphatic rings. The van der Waals surface area contributed by atoms with Gasteiger partial charge in [-0.1, -0.05) is 6.92 Å². The maximum atomic E-state index is 10.9. The second-order valence-corrected chi connectivity index (χ2v) is 4.01. The van der Waals surface area contributed by atoms with E-state index in [0.29, 0.717) is 18.1 Å². The van der Waals surface area contributed by atoms with Crippen LogP contribution in [0.15, 0.2) is 18.2 Å². The lowest BCUT2D eigenvalue weighted by molar-refractivity contribution is -0.122. The summed E-state index contributed by atoms with van der Waals surface area (Å²) < 4.78 is 10.7. The quantitative estimate of drug-likeness (QED) is 0.775. The lowest BCUT2D eigenvalue weighted by Gasteiger charge is -2.14. The van der Waals surface area contributed by atoms with Crippen molar-refractivity contribution in [2.75, 3.05) is 13.2 Å². The van der Waals surface area contributed by atoms with Crippen LogP contribution < -0.4 is 15.2 Å². The molecule has 0 fully saturated rings. The average Bonchev–Trinajstić information content (AvgIpc) is 2.36. The Kier molecular flexibility index (Phi) is 5.17. The zero-order valence-corrected chi connectivity index (χ0v) is 10.9. The second kappa shape index (κ2) is 6.63. The van der Waals surface area contributed by atoms with Gasteiger partial charge < -0.3 is 20.3 Å². The highest BCUT2D eigenvalue weighted by atomic mass is 16.5. The van der Waals surface area contributed by atoms with Gasteiger partial charge in [0.15, 0.2) is 11.5 Å². The number of carbonyl (C=O) groups is 2. The van der Waals surface area contributed by atoms with Gasteiger partial charge in [0.2, 0.25) is 5.91 Å². The third-order valence-corrected chi connectivity index (χ3v) is 2.47. The predicted molar refractivity (Wildman–Crippen MR) is 68.4 cm³/mol. The molecule has 104 valence electrons. The molecule has 19 heavy (non-hydrogen) atoms. The summed E-state index contributed by atoms with van der Waals surface area (Å²) >= 11 is 0. The molecule has 1 rings (SSSR count). The first-order valence-electron chi connectivity index (χ1n) is 5.88. The maximum Gasteiger partial charge on any atom is 0.335 e. The Hall–Kier alpha value is -2.24. The first-order valence-corrected chi connectivity index (χ1v) is 5.88. The minimum absolute atomic E-state index is 0.110. The highest BCUT2D eigenvalue weighted by Crippen LogP contribution is 2.28. The van der Waals surface area contributed by atoms with Gasteiger partial charge in [-0.2, -0.15) is 0 Å². The summed E-state index contributed by atoms with van der Waals surface area (Å²) in [6.45, 7) is 3.92. The number of hydrogen-bond donors (Lipinski definition) is 2. The summed E-state index contributed by atoms with van der Waals surface area (Å²) in [5.41, 5.74) is 5.24. The molecule has 6 nitrogen and oxygen atoms in total. The molecule has 1 aromatic rings. The fourth-order valence-corrected chi connectivity index (χ4v) is 1.33. The number of primary amides is 1. The molecule has 0 aliphatic carbocycles. The molecule has 0 spiro atoms. The molecule has 6 heteroatoms. The standard InChI is InChI=1S/C13H17NO5/c1-3-18-11-6-9(13(16)17)4-5-10(11)19-7-8(2)12(14)15/h4-6,8H,3,7H2,1-2H3,(H2,14,15)(H,16,17). The Balaban J connectivity index is 2.87. The molecule has 1 unspecified atom stereocenters. The van der Waals surface area contributed by atoms with E-state index in [9.17, 15) is 9.59 Å². The smallest absolute Gasteiger partial charge is 0.335 e. The van der Waals surface area contributed by atoms with Crippen molar-refractivity contribution in [3.05, 3.63) is 23.8 Å². The van der Waals surface area contributed by atoms with Crippen molar-refractivity contribution in [3.8, 4) is 11.5 Å². The van der Waals surface area contributed by atoms with E-state index in [1.165, 1.54) is 18.2 Å². The summed E-state index contributed by atoms with van der Waals surface area (Å²) in [5.74, 6) is -1.22. The Morgan fingerprint density at radius 3 is 2.53 bits per heavy atom. The Labute approximate surface area is 111 Å². The first kappa shape index (κ1) is 14.8. The predicted octanol–water partition coefficient (Wildman–Crippen LogP) is 1.28. The summed E-state index contributed by atoms with van der Waals surface area (Å²) in [7, 11) is 0. The number of amides is 1. The molecule has 1 aromatic carbocycles. The van der Waals surface area contributed by atoms with E-state index in [4.69, 9.17) is 20.3 Å². The van der Waals surface area contributed by atoms with Crippen LogP contribution in [-0.2, 0) is 4.79 Å². The van der Waals surface area contributed by atoms with E-state index in [1.54, 1.807) is 13.8 Å². The van der Waals surface area contributed by atoms with Crippen molar-refractivity contribution >= 4 is 11.9 Å². The third kappa shape index (κ3) is 4.17. The zero-order valence-electron chi connectivity index (χ0n) is 10.9. The van der Waals surface area contributed by atoms with E-state index >= 15 is 0 Å². The van der Waals surface area contributed by atoms with Crippen molar-refractivity contribution < 1.29 is 24.2 Å². The number of benzene rings is 1. The SMILES string of the molecule is CCOc1cc(C(=O)O)ccc1OCC(C)C(N)=O. The van der Waals surface area contributed by atoms with Gasteiger partial charge in [-0.15, -0.1) is 0 Å². The molecule has 1 atom stereocenters. The molecular formula is C13H17NO5. The number of ether oxygens (including phenoxy) is 2. The van der Waals surface area contributed by atoms with Crippen molar-refractivity contribution in [2.45, 2.75) is 13.8 Å². The number of nitrogens with two attached hydrogens (primary N) is 1. The molecule has 0 saturated carbocycles. The van der Waals surface area contributed by atoms with Gasteiger partial charge in [-0.25, -0.2) is 4.79 Å².